The van der Waals surface area contributed by atoms with E-state index in [0.29, 0.717) is 0 Å². The van der Waals surface area contributed by atoms with E-state index in [0.717, 1.165) is 0 Å². The molecule has 3 N–H and O–H groups in total. The van der Waals surface area contributed by atoms with E-state index in [4.69, 9.17) is 18.9 Å². The third-order valence-corrected chi connectivity index (χ3v) is 8.76. The number of hydrogen-bond donors (Lipinski definition) is 3. The molecule has 164 valence electrons. The van der Waals surface area contributed by atoms with Crippen molar-refractivity contribution in [2.75, 3.05) is 0 Å². The molecule has 0 aromatic heterocycles. The van der Waals surface area contributed by atoms with Crippen molar-refractivity contribution in [2.45, 2.75) is 70.1 Å². The topological polar surface area (TPSA) is 149 Å². The van der Waals surface area contributed by atoms with Gasteiger partial charge in [0.1, 0.15) is 18.3 Å². The van der Waals surface area contributed by atoms with Crippen molar-refractivity contribution < 1.29 is 48.7 Å². The molecule has 6 aliphatic rings. The molecule has 2 aliphatic carbocycles. The van der Waals surface area contributed by atoms with Gasteiger partial charge in [-0.2, -0.15) is 0 Å². The Bertz CT molecular complexity index is 910. The molecule has 10 nitrogen and oxygen atoms in total. The summed E-state index contributed by atoms with van der Waals surface area (Å²) in [6, 6.07) is 0. The van der Waals surface area contributed by atoms with Gasteiger partial charge in [-0.05, 0) is 5.41 Å². The number of aliphatic hydroxyl groups is 3. The molecule has 4 heterocycles. The zero-order valence-electron chi connectivity index (χ0n) is 16.9. The summed E-state index contributed by atoms with van der Waals surface area (Å²) < 4.78 is 22.7. The summed E-state index contributed by atoms with van der Waals surface area (Å²) in [6.45, 7) is 7.05. The van der Waals surface area contributed by atoms with Gasteiger partial charge in [-0.25, -0.2) is 9.59 Å². The van der Waals surface area contributed by atoms with Crippen molar-refractivity contribution in [3.8, 4) is 0 Å². The van der Waals surface area contributed by atoms with Gasteiger partial charge in [0, 0.05) is 5.92 Å². The minimum absolute atomic E-state index is 0.581. The van der Waals surface area contributed by atoms with E-state index in [1.165, 1.54) is 0 Å². The first kappa shape index (κ1) is 19.0. The minimum atomic E-state index is -1.89. The lowest BCUT2D eigenvalue weighted by Gasteiger charge is -2.47. The summed E-state index contributed by atoms with van der Waals surface area (Å²) in [7, 11) is 0. The fraction of sp³-hybridized carbons (Fsp3) is 0.850. The van der Waals surface area contributed by atoms with Crippen LogP contribution in [0.2, 0.25) is 0 Å². The second kappa shape index (κ2) is 4.85. The Morgan fingerprint density at radius 2 is 1.63 bits per heavy atom. The molecule has 0 amide bonds. The zero-order valence-corrected chi connectivity index (χ0v) is 16.9. The molecule has 4 aliphatic heterocycles. The Morgan fingerprint density at radius 3 is 2.27 bits per heavy atom. The lowest BCUT2D eigenvalue weighted by Crippen LogP contribution is -2.63. The van der Waals surface area contributed by atoms with Crippen LogP contribution in [0.1, 0.15) is 27.7 Å². The van der Waals surface area contributed by atoms with Crippen LogP contribution in [0.25, 0.3) is 0 Å². The largest absolute Gasteiger partial charge is 0.459 e. The summed E-state index contributed by atoms with van der Waals surface area (Å²) in [4.78, 5) is 38.2. The van der Waals surface area contributed by atoms with Crippen LogP contribution in [-0.2, 0) is 33.3 Å². The molecular formula is C20H24O10. The van der Waals surface area contributed by atoms with Crippen molar-refractivity contribution in [1.29, 1.82) is 0 Å². The van der Waals surface area contributed by atoms with Gasteiger partial charge < -0.3 is 34.3 Å². The number of fused-ring (bicyclic) bond motifs is 1. The zero-order chi connectivity index (χ0) is 21.8. The third-order valence-electron chi connectivity index (χ3n) is 8.76. The summed E-state index contributed by atoms with van der Waals surface area (Å²) in [5.41, 5.74) is -5.96. The van der Waals surface area contributed by atoms with Gasteiger partial charge in [0.15, 0.2) is 11.7 Å². The van der Waals surface area contributed by atoms with Gasteiger partial charge in [0.2, 0.25) is 6.29 Å². The van der Waals surface area contributed by atoms with Crippen molar-refractivity contribution in [3.63, 3.8) is 0 Å². The maximum atomic E-state index is 13.3. The fourth-order valence-electron chi connectivity index (χ4n) is 8.28. The highest BCUT2D eigenvalue weighted by atomic mass is 16.7. The summed E-state index contributed by atoms with van der Waals surface area (Å²) >= 11 is 0. The molecule has 2 spiro atoms. The highest BCUT2D eigenvalue weighted by Gasteiger charge is 3.01. The van der Waals surface area contributed by atoms with Crippen LogP contribution in [-0.4, -0.2) is 75.6 Å². The SMILES string of the molecule is C[C@@H]1C(=O)O[C@@H]2[C@H]1[C@@]13O[C@@H]4OC(=O)[C@H](O)[C@@]45[C@H](C(C)(C)C)[C@@H](O)[C@@H](OC1=O)[C@]53[C@H]2O. The molecule has 6 fully saturated rings. The van der Waals surface area contributed by atoms with Crippen molar-refractivity contribution >= 4 is 17.9 Å². The molecule has 0 radical (unpaired) electrons. The fourth-order valence-corrected chi connectivity index (χ4v) is 8.28. The molecular weight excluding hydrogens is 400 g/mol. The first-order valence-corrected chi connectivity index (χ1v) is 10.2. The van der Waals surface area contributed by atoms with E-state index in [9.17, 15) is 29.7 Å². The number of carbonyl (C=O) groups is 3. The molecule has 6 rings (SSSR count). The van der Waals surface area contributed by atoms with Crippen molar-refractivity contribution in [3.05, 3.63) is 0 Å². The number of esters is 3. The first-order chi connectivity index (χ1) is 13.9. The lowest BCUT2D eigenvalue weighted by molar-refractivity contribution is -0.208. The highest BCUT2D eigenvalue weighted by Crippen LogP contribution is 2.83. The standard InChI is InChI=1S/C20H24O10/c1-5-6-8(27-13(5)24)10(22)19-12-7(21)9(17(2,3)4)18(19)11(23)14(25)29-16(18)30-20(6,19)15(26)28-12/h5-12,16,21-23H,1-4H3/t5-,6-,7+,8+,9-,10-,11-,12+,16-,18-,19+,20+/m0/s1. The van der Waals surface area contributed by atoms with Crippen LogP contribution in [0.3, 0.4) is 0 Å². The molecule has 0 bridgehead atoms. The normalized spacial score (nSPS) is 60.1. The van der Waals surface area contributed by atoms with Gasteiger partial charge in [0.05, 0.1) is 28.8 Å². The van der Waals surface area contributed by atoms with E-state index >= 15 is 0 Å². The molecule has 10 heteroatoms. The van der Waals surface area contributed by atoms with Gasteiger partial charge in [0.25, 0.3) is 0 Å². The number of carbonyl (C=O) groups excluding carboxylic acids is 3. The predicted molar refractivity (Wildman–Crippen MR) is 91.9 cm³/mol. The van der Waals surface area contributed by atoms with Crippen LogP contribution < -0.4 is 0 Å². The Morgan fingerprint density at radius 1 is 0.967 bits per heavy atom. The molecule has 12 atom stereocenters. The molecule has 4 saturated heterocycles. The first-order valence-electron chi connectivity index (χ1n) is 10.2. The maximum absolute atomic E-state index is 13.3. The Balaban J connectivity index is 1.71. The number of hydrogen-bond acceptors (Lipinski definition) is 10. The molecule has 30 heavy (non-hydrogen) atoms. The van der Waals surface area contributed by atoms with Gasteiger partial charge >= 0.3 is 17.9 Å². The quantitative estimate of drug-likeness (QED) is 0.309. The van der Waals surface area contributed by atoms with Gasteiger partial charge in [-0.1, -0.05) is 27.7 Å². The molecule has 0 aromatic rings. The van der Waals surface area contributed by atoms with E-state index in [-0.39, 0.29) is 0 Å². The average Bonchev–Trinajstić information content (AvgIpc) is 3.34. The van der Waals surface area contributed by atoms with Crippen LogP contribution >= 0.6 is 0 Å². The van der Waals surface area contributed by atoms with Crippen LogP contribution in [0.4, 0.5) is 0 Å². The number of ether oxygens (including phenoxy) is 4. The highest BCUT2D eigenvalue weighted by molar-refractivity contribution is 5.92. The van der Waals surface area contributed by atoms with Crippen LogP contribution in [0.15, 0.2) is 0 Å². The minimum Gasteiger partial charge on any atom is -0.459 e. The summed E-state index contributed by atoms with van der Waals surface area (Å²) in [5.74, 6) is -4.90. The maximum Gasteiger partial charge on any atom is 0.340 e. The Kier molecular flexibility index (Phi) is 3.06. The van der Waals surface area contributed by atoms with Gasteiger partial charge in [-0.3, -0.25) is 4.79 Å². The van der Waals surface area contributed by atoms with Crippen molar-refractivity contribution in [1.82, 2.24) is 0 Å². The van der Waals surface area contributed by atoms with Crippen LogP contribution in [0.5, 0.6) is 0 Å². The Hall–Kier alpha value is -1.75. The second-order valence-electron chi connectivity index (χ2n) is 10.6. The Labute approximate surface area is 171 Å². The third kappa shape index (κ3) is 1.40. The monoisotopic (exact) mass is 424 g/mol. The lowest BCUT2D eigenvalue weighted by atomic mass is 9.51. The average molecular weight is 424 g/mol. The molecule has 0 aromatic carbocycles. The van der Waals surface area contributed by atoms with Gasteiger partial charge in [-0.15, -0.1) is 0 Å². The van der Waals surface area contributed by atoms with Crippen LogP contribution in [0, 0.1) is 34.0 Å². The number of aliphatic hydroxyl groups excluding tert-OH is 3. The summed E-state index contributed by atoms with van der Waals surface area (Å²) in [6.07, 6.45) is -8.29. The second-order valence-corrected chi connectivity index (χ2v) is 10.6. The smallest absolute Gasteiger partial charge is 0.340 e. The molecule has 0 unspecified atom stereocenters. The molecule has 2 saturated carbocycles. The van der Waals surface area contributed by atoms with E-state index in [1.807, 2.05) is 20.8 Å². The number of rotatable bonds is 0. The summed E-state index contributed by atoms with van der Waals surface area (Å²) in [5, 5.41) is 34.2. The predicted octanol–water partition coefficient (Wildman–Crippen LogP) is -1.51. The van der Waals surface area contributed by atoms with E-state index < -0.39 is 94.3 Å². The van der Waals surface area contributed by atoms with E-state index in [1.54, 1.807) is 6.92 Å². The van der Waals surface area contributed by atoms with E-state index in [2.05, 4.69) is 0 Å². The van der Waals surface area contributed by atoms with Crippen molar-refractivity contribution in [2.24, 2.45) is 34.0 Å².